The third-order valence-electron chi connectivity index (χ3n) is 4.44. The second-order valence-corrected chi connectivity index (χ2v) is 6.39. The van der Waals surface area contributed by atoms with Gasteiger partial charge in [-0.05, 0) is 47.5 Å². The Morgan fingerprint density at radius 3 is 2.25 bits per heavy atom. The number of nitrogens with zero attached hydrogens (tertiary/aromatic N) is 2. The van der Waals surface area contributed by atoms with Crippen LogP contribution in [0.5, 0.6) is 0 Å². The number of fused-ring (bicyclic) bond motifs is 1. The van der Waals surface area contributed by atoms with Crippen molar-refractivity contribution in [3.8, 4) is 11.3 Å². The van der Waals surface area contributed by atoms with Gasteiger partial charge >= 0.3 is 6.18 Å². The van der Waals surface area contributed by atoms with Crippen molar-refractivity contribution in [1.82, 2.24) is 14.9 Å². The van der Waals surface area contributed by atoms with Crippen LogP contribution in [0.15, 0.2) is 48.9 Å². The first-order valence-corrected chi connectivity index (χ1v) is 8.19. The van der Waals surface area contributed by atoms with E-state index in [1.807, 2.05) is 23.9 Å². The van der Waals surface area contributed by atoms with E-state index in [1.54, 1.807) is 6.33 Å². The number of rotatable bonds is 3. The Morgan fingerprint density at radius 2 is 1.68 bits per heavy atom. The third kappa shape index (κ3) is 4.43. The van der Waals surface area contributed by atoms with Crippen LogP contribution < -0.4 is 10.6 Å². The van der Waals surface area contributed by atoms with Crippen LogP contribution in [0.2, 0.25) is 0 Å². The van der Waals surface area contributed by atoms with Crippen LogP contribution in [0.3, 0.4) is 0 Å². The summed E-state index contributed by atoms with van der Waals surface area (Å²) in [5.41, 5.74) is 4.89. The van der Waals surface area contributed by atoms with Crippen molar-refractivity contribution in [3.05, 3.63) is 65.6 Å². The van der Waals surface area contributed by atoms with Gasteiger partial charge in [0.15, 0.2) is 0 Å². The molecule has 0 amide bonds. The molecule has 28 heavy (non-hydrogen) atoms. The molecule has 0 fully saturated rings. The largest absolute Gasteiger partial charge is 0.416 e. The van der Waals surface area contributed by atoms with Gasteiger partial charge in [-0.15, -0.1) is 24.8 Å². The fraction of sp³-hybridized carbons (Fsp3) is 0.211. The minimum absolute atomic E-state index is 0. The molecule has 150 valence electrons. The molecule has 0 bridgehead atoms. The van der Waals surface area contributed by atoms with E-state index in [4.69, 9.17) is 0 Å². The molecule has 0 saturated carbocycles. The Labute approximate surface area is 173 Å². The van der Waals surface area contributed by atoms with E-state index < -0.39 is 11.7 Å². The summed E-state index contributed by atoms with van der Waals surface area (Å²) in [6.07, 6.45) is -0.693. The van der Waals surface area contributed by atoms with Gasteiger partial charge in [0.05, 0.1) is 17.6 Å². The first kappa shape index (κ1) is 22.1. The van der Waals surface area contributed by atoms with E-state index in [2.05, 4.69) is 21.7 Å². The number of aromatic nitrogens is 2. The molecule has 4 rings (SSSR count). The van der Waals surface area contributed by atoms with Gasteiger partial charge in [0.1, 0.15) is 0 Å². The molecule has 0 saturated heterocycles. The van der Waals surface area contributed by atoms with Crippen molar-refractivity contribution >= 4 is 36.2 Å². The smallest absolute Gasteiger partial charge is 0.355 e. The minimum atomic E-state index is -4.34. The summed E-state index contributed by atoms with van der Waals surface area (Å²) in [7, 11) is 1.90. The lowest BCUT2D eigenvalue weighted by atomic mass is 10.0. The number of aryl methyl sites for hydroxylation is 1. The van der Waals surface area contributed by atoms with Crippen molar-refractivity contribution in [2.24, 2.45) is 7.05 Å². The summed E-state index contributed by atoms with van der Waals surface area (Å²) in [4.78, 5) is 4.41. The number of hydrogen-bond donors (Lipinski definition) is 2. The normalized spacial score (nSPS) is 12.7. The highest BCUT2D eigenvalue weighted by Gasteiger charge is 2.30. The molecule has 0 unspecified atom stereocenters. The summed E-state index contributed by atoms with van der Waals surface area (Å²) in [6.45, 7) is 1.58. The molecule has 0 radical (unpaired) electrons. The molecule has 0 atom stereocenters. The number of anilines is 2. The van der Waals surface area contributed by atoms with Gasteiger partial charge < -0.3 is 15.2 Å². The van der Waals surface area contributed by atoms with E-state index in [9.17, 15) is 13.2 Å². The summed E-state index contributed by atoms with van der Waals surface area (Å²) in [6, 6.07) is 9.17. The predicted octanol–water partition coefficient (Wildman–Crippen LogP) is 5.30. The Bertz CT molecular complexity index is 953. The highest BCUT2D eigenvalue weighted by molar-refractivity contribution is 5.85. The maximum atomic E-state index is 12.7. The average molecular weight is 431 g/mol. The van der Waals surface area contributed by atoms with Gasteiger partial charge in [-0.3, -0.25) is 0 Å². The minimum Gasteiger partial charge on any atom is -0.355 e. The van der Waals surface area contributed by atoms with Crippen molar-refractivity contribution in [2.75, 3.05) is 5.32 Å². The van der Waals surface area contributed by atoms with Crippen LogP contribution in [0.4, 0.5) is 24.5 Å². The van der Waals surface area contributed by atoms with Crippen molar-refractivity contribution < 1.29 is 13.2 Å². The molecule has 1 aliphatic heterocycles. The van der Waals surface area contributed by atoms with E-state index >= 15 is 0 Å². The molecule has 9 heteroatoms. The second-order valence-electron chi connectivity index (χ2n) is 6.39. The number of halogens is 5. The van der Waals surface area contributed by atoms with E-state index in [0.29, 0.717) is 5.69 Å². The van der Waals surface area contributed by atoms with Gasteiger partial charge in [-0.2, -0.15) is 13.2 Å². The monoisotopic (exact) mass is 430 g/mol. The molecule has 0 aliphatic carbocycles. The summed E-state index contributed by atoms with van der Waals surface area (Å²) >= 11 is 0. The lowest BCUT2D eigenvalue weighted by Crippen LogP contribution is -2.04. The number of hydrogen-bond acceptors (Lipinski definition) is 3. The van der Waals surface area contributed by atoms with E-state index in [-0.39, 0.29) is 24.8 Å². The number of alkyl halides is 3. The first-order chi connectivity index (χ1) is 12.4. The van der Waals surface area contributed by atoms with Gasteiger partial charge in [-0.25, -0.2) is 4.98 Å². The maximum absolute atomic E-state index is 12.7. The SMILES string of the molecule is Cl.Cl.Cn1cnc(-c2cc3c(cc2Nc2ccc(C(F)(F)F)cc2)CNC3)c1. The Morgan fingerprint density at radius 1 is 1.04 bits per heavy atom. The Hall–Kier alpha value is -2.22. The molecule has 2 N–H and O–H groups in total. The number of benzene rings is 2. The number of imidazole rings is 1. The number of nitrogens with one attached hydrogen (secondary N) is 2. The zero-order valence-electron chi connectivity index (χ0n) is 14.9. The van der Waals surface area contributed by atoms with Crippen LogP contribution in [0.1, 0.15) is 16.7 Å². The maximum Gasteiger partial charge on any atom is 0.416 e. The van der Waals surface area contributed by atoms with Gasteiger partial charge in [0.25, 0.3) is 0 Å². The lowest BCUT2D eigenvalue weighted by molar-refractivity contribution is -0.137. The highest BCUT2D eigenvalue weighted by atomic mass is 35.5. The predicted molar refractivity (Wildman–Crippen MR) is 108 cm³/mol. The van der Waals surface area contributed by atoms with Crippen molar-refractivity contribution in [1.29, 1.82) is 0 Å². The summed E-state index contributed by atoms with van der Waals surface area (Å²) < 4.78 is 40.1. The molecular weight excluding hydrogens is 412 g/mol. The molecule has 1 aromatic heterocycles. The van der Waals surface area contributed by atoms with Crippen LogP contribution in [0.25, 0.3) is 11.3 Å². The highest BCUT2D eigenvalue weighted by Crippen LogP contribution is 2.35. The Balaban J connectivity index is 0.00000140. The molecular formula is C19H19Cl2F3N4. The molecule has 1 aliphatic rings. The molecule has 0 spiro atoms. The zero-order valence-corrected chi connectivity index (χ0v) is 16.5. The topological polar surface area (TPSA) is 41.9 Å². The molecule has 2 aromatic carbocycles. The quantitative estimate of drug-likeness (QED) is 0.592. The van der Waals surface area contributed by atoms with Gasteiger partial charge in [0.2, 0.25) is 0 Å². The van der Waals surface area contributed by atoms with Crippen LogP contribution in [-0.4, -0.2) is 9.55 Å². The third-order valence-corrected chi connectivity index (χ3v) is 4.44. The van der Waals surface area contributed by atoms with Crippen LogP contribution in [0, 0.1) is 0 Å². The standard InChI is InChI=1S/C19H17F3N4.2ClH/c1-26-10-18(24-11-26)16-6-12-8-23-9-13(12)7-17(16)25-15-4-2-14(3-5-15)19(20,21)22;;/h2-7,10-11,23,25H,8-9H2,1H3;2*1H. The summed E-state index contributed by atoms with van der Waals surface area (Å²) in [5.74, 6) is 0. The van der Waals surface area contributed by atoms with Crippen LogP contribution >= 0.6 is 24.8 Å². The van der Waals surface area contributed by atoms with Crippen LogP contribution in [-0.2, 0) is 26.3 Å². The molecule has 4 nitrogen and oxygen atoms in total. The average Bonchev–Trinajstić information content (AvgIpc) is 3.22. The van der Waals surface area contributed by atoms with E-state index in [1.165, 1.54) is 23.3 Å². The first-order valence-electron chi connectivity index (χ1n) is 8.19. The van der Waals surface area contributed by atoms with Crippen molar-refractivity contribution in [3.63, 3.8) is 0 Å². The fourth-order valence-electron chi connectivity index (χ4n) is 3.12. The van der Waals surface area contributed by atoms with Gasteiger partial charge in [-0.1, -0.05) is 0 Å². The van der Waals surface area contributed by atoms with Crippen molar-refractivity contribution in [2.45, 2.75) is 19.3 Å². The second kappa shape index (κ2) is 8.43. The molecule has 2 heterocycles. The lowest BCUT2D eigenvalue weighted by Gasteiger charge is -2.14. The Kier molecular flexibility index (Phi) is 6.64. The summed E-state index contributed by atoms with van der Waals surface area (Å²) in [5, 5.41) is 6.55. The van der Waals surface area contributed by atoms with Gasteiger partial charge in [0, 0.05) is 43.3 Å². The fourth-order valence-corrected chi connectivity index (χ4v) is 3.12. The van der Waals surface area contributed by atoms with E-state index in [0.717, 1.165) is 42.2 Å². The zero-order chi connectivity index (χ0) is 18.3. The molecule has 3 aromatic rings.